The van der Waals surface area contributed by atoms with E-state index >= 15 is 0 Å². The number of nitrogens with zero attached hydrogens (tertiary/aromatic N) is 3. The Balaban J connectivity index is 2.97. The van der Waals surface area contributed by atoms with Gasteiger partial charge < -0.3 is 14.2 Å². The molecule has 0 amide bonds. The minimum absolute atomic E-state index is 0.00814. The number of rotatable bonds is 11. The number of alkyl halides is 6. The number of carbonyl (C=O) groups is 1. The first-order valence-electron chi connectivity index (χ1n) is 11.7. The van der Waals surface area contributed by atoms with Gasteiger partial charge in [-0.05, 0) is 43.9 Å². The van der Waals surface area contributed by atoms with Crippen LogP contribution in [0.1, 0.15) is 55.1 Å². The van der Waals surface area contributed by atoms with Gasteiger partial charge in [-0.1, -0.05) is 20.8 Å². The maximum atomic E-state index is 13.9. The van der Waals surface area contributed by atoms with Gasteiger partial charge in [0, 0.05) is 17.8 Å². The molecule has 1 aromatic carbocycles. The molecule has 0 aliphatic rings. The number of methoxy groups -OCH3 is 1. The molecule has 41 heavy (non-hydrogen) atoms. The third kappa shape index (κ3) is 7.11. The van der Waals surface area contributed by atoms with Crippen molar-refractivity contribution in [3.63, 3.8) is 0 Å². The van der Waals surface area contributed by atoms with Crippen molar-refractivity contribution in [2.45, 2.75) is 64.0 Å². The Kier molecular flexibility index (Phi) is 10.1. The third-order valence-electron chi connectivity index (χ3n) is 5.65. The van der Waals surface area contributed by atoms with Crippen molar-refractivity contribution in [1.82, 2.24) is 9.97 Å². The number of aromatic nitrogens is 2. The molecule has 0 aliphatic carbocycles. The van der Waals surface area contributed by atoms with Crippen molar-refractivity contribution in [1.29, 1.82) is 0 Å². The Morgan fingerprint density at radius 1 is 1.02 bits per heavy atom. The second-order valence-corrected chi connectivity index (χ2v) is 11.7. The van der Waals surface area contributed by atoms with Crippen LogP contribution < -0.4 is 13.8 Å². The highest BCUT2D eigenvalue weighted by Crippen LogP contribution is 2.41. The first-order chi connectivity index (χ1) is 18.7. The highest BCUT2D eigenvalue weighted by Gasteiger charge is 2.53. The number of nitrogens with one attached hydrogen (secondary N) is 1. The lowest BCUT2D eigenvalue weighted by atomic mass is 10.1. The van der Waals surface area contributed by atoms with Crippen LogP contribution in [0.5, 0.6) is 5.75 Å². The molecule has 11 nitrogen and oxygen atoms in total. The number of carbonyl (C=O) groups excluding carboxylic acids is 1. The molecule has 19 heteroatoms. The molecule has 0 saturated heterocycles. The molecule has 2 rings (SSSR count). The molecular formula is C22H26F6N4O7S2. The first kappa shape index (κ1) is 33.9. The lowest BCUT2D eigenvalue weighted by molar-refractivity contribution is -0.0501. The van der Waals surface area contributed by atoms with Gasteiger partial charge in [0.25, 0.3) is 0 Å². The van der Waals surface area contributed by atoms with E-state index in [1.54, 1.807) is 0 Å². The van der Waals surface area contributed by atoms with Crippen LogP contribution in [0.2, 0.25) is 0 Å². The standard InChI is InChI=1S/C22H26F6N4O7S2/c1-6-13-9-15(10-16(19(33)38-5)17(13)39-41(36,37)22(26,27)28)32(40(34,35)21(23,24)25)20-29-11-12(4)18(31-20)30-14(7-2)8-3/h9-11,14H,6-8H2,1-5H3,(H,29,30,31). The molecule has 0 spiro atoms. The van der Waals surface area contributed by atoms with Crippen molar-refractivity contribution in [2.24, 2.45) is 0 Å². The van der Waals surface area contributed by atoms with Gasteiger partial charge in [0.1, 0.15) is 11.4 Å². The fourth-order valence-corrected chi connectivity index (χ4v) is 4.80. The molecular weight excluding hydrogens is 610 g/mol. The van der Waals surface area contributed by atoms with Crippen LogP contribution in [0.3, 0.4) is 0 Å². The molecule has 1 N–H and O–H groups in total. The number of halogens is 6. The van der Waals surface area contributed by atoms with Crippen LogP contribution in [0, 0.1) is 6.92 Å². The third-order valence-corrected chi connectivity index (χ3v) is 8.04. The van der Waals surface area contributed by atoms with Crippen LogP contribution in [0.25, 0.3) is 0 Å². The van der Waals surface area contributed by atoms with Gasteiger partial charge in [-0.3, -0.25) is 0 Å². The summed E-state index contributed by atoms with van der Waals surface area (Å²) in [4.78, 5) is 20.2. The predicted octanol–water partition coefficient (Wildman–Crippen LogP) is 4.95. The highest BCUT2D eigenvalue weighted by molar-refractivity contribution is 7.94. The van der Waals surface area contributed by atoms with Gasteiger partial charge >= 0.3 is 37.1 Å². The molecule has 0 saturated carbocycles. The number of anilines is 3. The molecule has 0 bridgehead atoms. The quantitative estimate of drug-likeness (QED) is 0.156. The summed E-state index contributed by atoms with van der Waals surface area (Å²) in [6.07, 6.45) is 1.76. The zero-order chi connectivity index (χ0) is 31.6. The number of esters is 1. The smallest absolute Gasteiger partial charge is 0.465 e. The zero-order valence-electron chi connectivity index (χ0n) is 22.2. The topological polar surface area (TPSA) is 145 Å². The predicted molar refractivity (Wildman–Crippen MR) is 135 cm³/mol. The number of hydrogen-bond acceptors (Lipinski definition) is 10. The largest absolute Gasteiger partial charge is 0.534 e. The van der Waals surface area contributed by atoms with E-state index in [1.807, 2.05) is 13.8 Å². The van der Waals surface area contributed by atoms with E-state index in [9.17, 15) is 48.0 Å². The summed E-state index contributed by atoms with van der Waals surface area (Å²) >= 11 is 0. The molecule has 1 aromatic heterocycles. The molecule has 0 radical (unpaired) electrons. The summed E-state index contributed by atoms with van der Waals surface area (Å²) in [5, 5.41) is 2.97. The fraction of sp³-hybridized carbons (Fsp3) is 0.500. The van der Waals surface area contributed by atoms with E-state index in [-0.39, 0.29) is 16.2 Å². The van der Waals surface area contributed by atoms with Crippen molar-refractivity contribution >= 4 is 43.6 Å². The number of sulfonamides is 1. The van der Waals surface area contributed by atoms with Gasteiger partial charge in [-0.2, -0.15) is 52.5 Å². The Morgan fingerprint density at radius 2 is 1.61 bits per heavy atom. The van der Waals surface area contributed by atoms with Gasteiger partial charge in [0.05, 0.1) is 12.8 Å². The highest BCUT2D eigenvalue weighted by atomic mass is 32.2. The van der Waals surface area contributed by atoms with Crippen LogP contribution in [-0.2, 0) is 31.3 Å². The summed E-state index contributed by atoms with van der Waals surface area (Å²) in [6, 6.07) is 0.773. The molecule has 0 fully saturated rings. The van der Waals surface area contributed by atoms with Gasteiger partial charge in [-0.15, -0.1) is 0 Å². The molecule has 2 aromatic rings. The van der Waals surface area contributed by atoms with E-state index < -0.39 is 72.1 Å². The Labute approximate surface area is 232 Å². The summed E-state index contributed by atoms with van der Waals surface area (Å²) in [7, 11) is -12.0. The van der Waals surface area contributed by atoms with E-state index in [2.05, 4.69) is 24.2 Å². The normalized spacial score (nSPS) is 12.8. The Morgan fingerprint density at radius 3 is 2.07 bits per heavy atom. The average Bonchev–Trinajstić information content (AvgIpc) is 2.87. The number of aryl methyl sites for hydroxylation is 2. The minimum Gasteiger partial charge on any atom is -0.465 e. The summed E-state index contributed by atoms with van der Waals surface area (Å²) in [5.74, 6) is -3.80. The van der Waals surface area contributed by atoms with Crippen molar-refractivity contribution in [3.8, 4) is 5.75 Å². The van der Waals surface area contributed by atoms with E-state index in [0.29, 0.717) is 30.5 Å². The van der Waals surface area contributed by atoms with Gasteiger partial charge in [0.2, 0.25) is 5.95 Å². The Bertz CT molecular complexity index is 1490. The summed E-state index contributed by atoms with van der Waals surface area (Å²) in [6.45, 7) is 6.38. The van der Waals surface area contributed by atoms with Crippen LogP contribution in [-0.4, -0.2) is 56.9 Å². The minimum atomic E-state index is -6.37. The SMILES string of the molecule is CCc1cc(N(c2ncc(C)c(NC(CC)CC)n2)S(=O)(=O)C(F)(F)F)cc(C(=O)OC)c1OS(=O)(=O)C(F)(F)F. The number of benzene rings is 1. The van der Waals surface area contributed by atoms with E-state index in [4.69, 9.17) is 0 Å². The van der Waals surface area contributed by atoms with Gasteiger partial charge in [-0.25, -0.2) is 9.78 Å². The lowest BCUT2D eigenvalue weighted by Crippen LogP contribution is -2.39. The lowest BCUT2D eigenvalue weighted by Gasteiger charge is -2.26. The van der Waals surface area contributed by atoms with Crippen molar-refractivity contribution in [2.75, 3.05) is 16.7 Å². The molecule has 1 heterocycles. The molecule has 0 unspecified atom stereocenters. The maximum absolute atomic E-state index is 13.9. The summed E-state index contributed by atoms with van der Waals surface area (Å²) < 4.78 is 138. The first-order valence-corrected chi connectivity index (χ1v) is 14.6. The zero-order valence-corrected chi connectivity index (χ0v) is 23.8. The Hall–Kier alpha value is -3.35. The summed E-state index contributed by atoms with van der Waals surface area (Å²) in [5.41, 5.74) is -14.2. The molecule has 0 atom stereocenters. The van der Waals surface area contributed by atoms with Crippen LogP contribution >= 0.6 is 0 Å². The maximum Gasteiger partial charge on any atom is 0.534 e. The molecule has 230 valence electrons. The number of ether oxygens (including phenoxy) is 1. The van der Waals surface area contributed by atoms with E-state index in [0.717, 1.165) is 13.3 Å². The van der Waals surface area contributed by atoms with Crippen molar-refractivity contribution < 1.29 is 56.9 Å². The number of hydrogen-bond donors (Lipinski definition) is 1. The van der Waals surface area contributed by atoms with E-state index in [1.165, 1.54) is 13.8 Å². The monoisotopic (exact) mass is 636 g/mol. The van der Waals surface area contributed by atoms with Crippen molar-refractivity contribution in [3.05, 3.63) is 35.0 Å². The van der Waals surface area contributed by atoms with Crippen LogP contribution in [0.4, 0.5) is 43.8 Å². The fourth-order valence-electron chi connectivity index (χ4n) is 3.40. The van der Waals surface area contributed by atoms with Crippen LogP contribution in [0.15, 0.2) is 18.3 Å². The molecule has 0 aliphatic heterocycles. The average molecular weight is 637 g/mol. The second-order valence-electron chi connectivity index (χ2n) is 8.38. The van der Waals surface area contributed by atoms with Gasteiger partial charge in [0.15, 0.2) is 5.75 Å². The second kappa shape index (κ2) is 12.3.